The lowest BCUT2D eigenvalue weighted by molar-refractivity contribution is -0.126. The predicted octanol–water partition coefficient (Wildman–Crippen LogP) is 1.67. The fourth-order valence-corrected chi connectivity index (χ4v) is 3.66. The molecule has 0 bridgehead atoms. The monoisotopic (exact) mass is 302 g/mol. The standard InChI is InChI=1S/C14H11ClN4O2/c1-19-11-7(3-2-4-9(11)15)14(13(19)21)5-10(20)17-12-8(14)6-16-18-12/h2-4,6H,5H2,1H3,(H2,16,17,18,20)/t14-/m1/s1. The Bertz CT molecular complexity index is 800. The first-order valence-corrected chi connectivity index (χ1v) is 6.84. The average Bonchev–Trinajstić information content (AvgIpc) is 2.99. The van der Waals surface area contributed by atoms with Gasteiger partial charge in [0.05, 0.1) is 16.9 Å². The zero-order valence-corrected chi connectivity index (χ0v) is 11.9. The lowest BCUT2D eigenvalue weighted by Crippen LogP contribution is -2.45. The first-order chi connectivity index (χ1) is 10.1. The Morgan fingerprint density at radius 2 is 2.14 bits per heavy atom. The second kappa shape index (κ2) is 3.85. The summed E-state index contributed by atoms with van der Waals surface area (Å²) in [6, 6.07) is 5.38. The van der Waals surface area contributed by atoms with E-state index in [1.54, 1.807) is 25.4 Å². The van der Waals surface area contributed by atoms with Gasteiger partial charge in [0.25, 0.3) is 0 Å². The molecule has 6 nitrogen and oxygen atoms in total. The third-order valence-electron chi connectivity index (χ3n) is 4.24. The summed E-state index contributed by atoms with van der Waals surface area (Å²) >= 11 is 6.25. The molecule has 4 rings (SSSR count). The van der Waals surface area contributed by atoms with Crippen LogP contribution in [-0.4, -0.2) is 29.1 Å². The van der Waals surface area contributed by atoms with Crippen LogP contribution in [0.1, 0.15) is 17.5 Å². The smallest absolute Gasteiger partial charge is 0.242 e. The third-order valence-corrected chi connectivity index (χ3v) is 4.55. The van der Waals surface area contributed by atoms with Gasteiger partial charge in [0.15, 0.2) is 0 Å². The number of para-hydroxylation sites is 1. The van der Waals surface area contributed by atoms with Gasteiger partial charge in [-0.2, -0.15) is 5.10 Å². The summed E-state index contributed by atoms with van der Waals surface area (Å²) in [6.45, 7) is 0. The molecule has 1 aromatic heterocycles. The van der Waals surface area contributed by atoms with Gasteiger partial charge in [-0.05, 0) is 11.6 Å². The van der Waals surface area contributed by atoms with Gasteiger partial charge in [-0.1, -0.05) is 23.7 Å². The maximum atomic E-state index is 12.9. The normalized spacial score (nSPS) is 23.2. The second-order valence-electron chi connectivity index (χ2n) is 5.29. The molecule has 1 atom stereocenters. The number of carbonyl (C=O) groups excluding carboxylic acids is 2. The van der Waals surface area contributed by atoms with Gasteiger partial charge in [-0.25, -0.2) is 0 Å². The Hall–Kier alpha value is -2.34. The van der Waals surface area contributed by atoms with Crippen molar-refractivity contribution in [3.63, 3.8) is 0 Å². The molecule has 106 valence electrons. The van der Waals surface area contributed by atoms with E-state index in [0.29, 0.717) is 22.1 Å². The lowest BCUT2D eigenvalue weighted by Gasteiger charge is -2.31. The van der Waals surface area contributed by atoms with Crippen LogP contribution >= 0.6 is 11.6 Å². The number of nitrogens with zero attached hydrogens (tertiary/aromatic N) is 2. The van der Waals surface area contributed by atoms with Crippen LogP contribution in [0.4, 0.5) is 11.5 Å². The van der Waals surface area contributed by atoms with Gasteiger partial charge in [0.2, 0.25) is 11.8 Å². The molecule has 7 heteroatoms. The van der Waals surface area contributed by atoms with E-state index in [2.05, 4.69) is 15.5 Å². The molecular weight excluding hydrogens is 292 g/mol. The molecule has 0 fully saturated rings. The zero-order valence-electron chi connectivity index (χ0n) is 11.1. The quantitative estimate of drug-likeness (QED) is 0.777. The number of likely N-dealkylation sites (N-methyl/N-ethyl adjacent to an activating group) is 1. The Balaban J connectivity index is 2.09. The van der Waals surface area contributed by atoms with Crippen molar-refractivity contribution in [2.24, 2.45) is 0 Å². The third kappa shape index (κ3) is 1.35. The molecule has 21 heavy (non-hydrogen) atoms. The van der Waals surface area contributed by atoms with Crippen molar-refractivity contribution in [3.8, 4) is 0 Å². The van der Waals surface area contributed by atoms with Gasteiger partial charge < -0.3 is 10.2 Å². The summed E-state index contributed by atoms with van der Waals surface area (Å²) in [7, 11) is 1.67. The molecule has 2 amide bonds. The molecule has 0 unspecified atom stereocenters. The number of amides is 2. The number of nitrogens with one attached hydrogen (secondary N) is 2. The number of carbonyl (C=O) groups is 2. The van der Waals surface area contributed by atoms with Crippen LogP contribution in [0.3, 0.4) is 0 Å². The van der Waals surface area contributed by atoms with E-state index < -0.39 is 5.41 Å². The van der Waals surface area contributed by atoms with Crippen LogP contribution in [0.2, 0.25) is 5.02 Å². The number of rotatable bonds is 0. The first-order valence-electron chi connectivity index (χ1n) is 6.46. The highest BCUT2D eigenvalue weighted by Gasteiger charge is 2.56. The van der Waals surface area contributed by atoms with E-state index in [1.165, 1.54) is 4.90 Å². The SMILES string of the molecule is CN1C(=O)[C@]2(CC(=O)Nc3[nH]ncc32)c2cccc(Cl)c21. The summed E-state index contributed by atoms with van der Waals surface area (Å²) in [5, 5.41) is 9.91. The van der Waals surface area contributed by atoms with Crippen molar-refractivity contribution in [2.75, 3.05) is 17.3 Å². The minimum Gasteiger partial charge on any atom is -0.313 e. The van der Waals surface area contributed by atoms with Gasteiger partial charge in [-0.15, -0.1) is 0 Å². The molecule has 1 aromatic carbocycles. The van der Waals surface area contributed by atoms with E-state index in [0.717, 1.165) is 5.56 Å². The zero-order chi connectivity index (χ0) is 14.8. The van der Waals surface area contributed by atoms with Crippen LogP contribution in [-0.2, 0) is 15.0 Å². The topological polar surface area (TPSA) is 78.1 Å². The van der Waals surface area contributed by atoms with Crippen LogP contribution in [0.25, 0.3) is 0 Å². The number of benzene rings is 1. The predicted molar refractivity (Wildman–Crippen MR) is 77.5 cm³/mol. The van der Waals surface area contributed by atoms with Crippen molar-refractivity contribution in [3.05, 3.63) is 40.5 Å². The highest BCUT2D eigenvalue weighted by molar-refractivity contribution is 6.35. The molecule has 2 aliphatic heterocycles. The van der Waals surface area contributed by atoms with Crippen LogP contribution < -0.4 is 10.2 Å². The number of aromatic amines is 1. The van der Waals surface area contributed by atoms with Crippen molar-refractivity contribution in [1.29, 1.82) is 0 Å². The van der Waals surface area contributed by atoms with E-state index in [1.807, 2.05) is 6.07 Å². The molecule has 2 N–H and O–H groups in total. The largest absolute Gasteiger partial charge is 0.313 e. The number of aromatic nitrogens is 2. The van der Waals surface area contributed by atoms with E-state index in [4.69, 9.17) is 11.6 Å². The fourth-order valence-electron chi connectivity index (χ4n) is 3.36. The molecular formula is C14H11ClN4O2. The van der Waals surface area contributed by atoms with Crippen LogP contribution in [0.5, 0.6) is 0 Å². The summed E-state index contributed by atoms with van der Waals surface area (Å²) in [6.07, 6.45) is 1.65. The van der Waals surface area contributed by atoms with Gasteiger partial charge in [0, 0.05) is 19.0 Å². The van der Waals surface area contributed by atoms with E-state index in [9.17, 15) is 9.59 Å². The maximum Gasteiger partial charge on any atom is 0.242 e. The van der Waals surface area contributed by atoms with Crippen molar-refractivity contribution in [1.82, 2.24) is 10.2 Å². The molecule has 0 saturated carbocycles. The fraction of sp³-hybridized carbons (Fsp3) is 0.214. The number of fused-ring (bicyclic) bond motifs is 4. The molecule has 0 radical (unpaired) electrons. The Kier molecular flexibility index (Phi) is 2.28. The number of halogens is 1. The van der Waals surface area contributed by atoms with Crippen molar-refractivity contribution in [2.45, 2.75) is 11.8 Å². The molecule has 0 saturated heterocycles. The average molecular weight is 303 g/mol. The van der Waals surface area contributed by atoms with Gasteiger partial charge in [0.1, 0.15) is 11.2 Å². The summed E-state index contributed by atoms with van der Waals surface area (Å²) in [5.74, 6) is 0.0882. The van der Waals surface area contributed by atoms with Gasteiger partial charge in [-0.3, -0.25) is 14.7 Å². The maximum absolute atomic E-state index is 12.9. The first kappa shape index (κ1) is 12.4. The number of hydrogen-bond donors (Lipinski definition) is 2. The highest BCUT2D eigenvalue weighted by atomic mass is 35.5. The lowest BCUT2D eigenvalue weighted by atomic mass is 9.72. The minimum atomic E-state index is -1.04. The second-order valence-corrected chi connectivity index (χ2v) is 5.70. The van der Waals surface area contributed by atoms with Crippen molar-refractivity contribution >= 4 is 34.9 Å². The molecule has 3 heterocycles. The highest BCUT2D eigenvalue weighted by Crippen LogP contribution is 2.52. The number of hydrogen-bond acceptors (Lipinski definition) is 3. The Morgan fingerprint density at radius 1 is 1.33 bits per heavy atom. The summed E-state index contributed by atoms with van der Waals surface area (Å²) < 4.78 is 0. The Labute approximate surface area is 125 Å². The van der Waals surface area contributed by atoms with Gasteiger partial charge >= 0.3 is 0 Å². The molecule has 2 aliphatic rings. The van der Waals surface area contributed by atoms with Crippen LogP contribution in [0, 0.1) is 0 Å². The number of H-pyrrole nitrogens is 1. The molecule has 0 aliphatic carbocycles. The van der Waals surface area contributed by atoms with E-state index >= 15 is 0 Å². The molecule has 1 spiro atoms. The Morgan fingerprint density at radius 3 is 2.95 bits per heavy atom. The minimum absolute atomic E-state index is 0.0516. The summed E-state index contributed by atoms with van der Waals surface area (Å²) in [4.78, 5) is 26.5. The summed E-state index contributed by atoms with van der Waals surface area (Å²) in [5.41, 5.74) is 1.05. The number of anilines is 2. The van der Waals surface area contributed by atoms with E-state index in [-0.39, 0.29) is 18.2 Å². The van der Waals surface area contributed by atoms with Crippen LogP contribution in [0.15, 0.2) is 24.4 Å². The van der Waals surface area contributed by atoms with Crippen molar-refractivity contribution < 1.29 is 9.59 Å². The molecule has 2 aromatic rings.